The Hall–Kier alpha value is -1.45. The van der Waals surface area contributed by atoms with Gasteiger partial charge in [-0.1, -0.05) is 6.07 Å². The van der Waals surface area contributed by atoms with E-state index < -0.39 is 41.3 Å². The topological polar surface area (TPSA) is 26.0 Å². The average Bonchev–Trinajstić information content (AvgIpc) is 2.23. The van der Waals surface area contributed by atoms with Crippen molar-refractivity contribution in [3.63, 3.8) is 0 Å². The van der Waals surface area contributed by atoms with Crippen LogP contribution in [0.4, 0.5) is 39.5 Å². The first kappa shape index (κ1) is 16.6. The lowest BCUT2D eigenvalue weighted by Crippen LogP contribution is -2.31. The van der Waals surface area contributed by atoms with Crippen molar-refractivity contribution in [3.05, 3.63) is 34.9 Å². The molecule has 0 saturated heterocycles. The van der Waals surface area contributed by atoms with Gasteiger partial charge in [0.1, 0.15) is 6.04 Å². The van der Waals surface area contributed by atoms with Crippen molar-refractivity contribution >= 4 is 0 Å². The summed E-state index contributed by atoms with van der Waals surface area (Å²) in [7, 11) is 0. The van der Waals surface area contributed by atoms with Gasteiger partial charge in [-0.05, 0) is 17.7 Å². The predicted molar refractivity (Wildman–Crippen MR) is 49.4 cm³/mol. The largest absolute Gasteiger partial charge is 0.416 e. The summed E-state index contributed by atoms with van der Waals surface area (Å²) in [5, 5.41) is 0. The molecule has 20 heavy (non-hydrogen) atoms. The minimum Gasteiger partial charge on any atom is -0.316 e. The molecular weight excluding hydrogens is 305 g/mol. The van der Waals surface area contributed by atoms with Crippen molar-refractivity contribution in [1.29, 1.82) is 0 Å². The highest BCUT2D eigenvalue weighted by molar-refractivity contribution is 5.38. The standard InChI is InChI=1S/C10H6F9N/c11-8(12,13)4-1-2-5(7(20)10(17,18)19)6(3-4)9(14,15)16/h1-3,7H,20H2/t7-/m0/s1. The van der Waals surface area contributed by atoms with E-state index in [4.69, 9.17) is 0 Å². The fourth-order valence-corrected chi connectivity index (χ4v) is 1.43. The van der Waals surface area contributed by atoms with E-state index in [1.165, 1.54) is 0 Å². The molecule has 0 aliphatic heterocycles. The highest BCUT2D eigenvalue weighted by Crippen LogP contribution is 2.41. The Bertz CT molecular complexity index is 483. The minimum absolute atomic E-state index is 0.0871. The molecule has 0 aliphatic rings. The first-order chi connectivity index (χ1) is 8.74. The highest BCUT2D eigenvalue weighted by Gasteiger charge is 2.45. The van der Waals surface area contributed by atoms with E-state index in [0.717, 1.165) is 0 Å². The van der Waals surface area contributed by atoms with Gasteiger partial charge in [-0.25, -0.2) is 0 Å². The van der Waals surface area contributed by atoms with Gasteiger partial charge in [-0.15, -0.1) is 0 Å². The van der Waals surface area contributed by atoms with E-state index >= 15 is 0 Å². The summed E-state index contributed by atoms with van der Waals surface area (Å²) < 4.78 is 112. The number of nitrogens with two attached hydrogens (primary N) is 1. The van der Waals surface area contributed by atoms with Crippen molar-refractivity contribution in [2.75, 3.05) is 0 Å². The molecule has 1 atom stereocenters. The Morgan fingerprint density at radius 3 is 1.65 bits per heavy atom. The molecule has 1 rings (SSSR count). The quantitative estimate of drug-likeness (QED) is 0.770. The molecule has 0 saturated carbocycles. The Morgan fingerprint density at radius 1 is 0.800 bits per heavy atom. The Balaban J connectivity index is 3.48. The summed E-state index contributed by atoms with van der Waals surface area (Å²) in [6, 6.07) is -3.21. The Labute approximate surface area is 106 Å². The van der Waals surface area contributed by atoms with Crippen LogP contribution < -0.4 is 5.73 Å². The van der Waals surface area contributed by atoms with Gasteiger partial charge in [-0.2, -0.15) is 39.5 Å². The minimum atomic E-state index is -5.39. The number of benzene rings is 1. The molecule has 0 heterocycles. The third-order valence-corrected chi connectivity index (χ3v) is 2.37. The fourth-order valence-electron chi connectivity index (χ4n) is 1.43. The number of halogens is 9. The third kappa shape index (κ3) is 3.56. The SMILES string of the molecule is N[C@@H](c1ccc(C(F)(F)F)cc1C(F)(F)F)C(F)(F)F. The lowest BCUT2D eigenvalue weighted by molar-refractivity contribution is -0.156. The van der Waals surface area contributed by atoms with E-state index in [0.29, 0.717) is 0 Å². The summed E-state index contributed by atoms with van der Waals surface area (Å²) in [6.45, 7) is 0. The second-order valence-corrected chi connectivity index (χ2v) is 3.82. The monoisotopic (exact) mass is 311 g/mol. The maximum absolute atomic E-state index is 12.6. The molecule has 0 bridgehead atoms. The maximum Gasteiger partial charge on any atom is 0.416 e. The van der Waals surface area contributed by atoms with Gasteiger partial charge in [0.2, 0.25) is 0 Å². The van der Waals surface area contributed by atoms with Crippen molar-refractivity contribution in [2.24, 2.45) is 5.73 Å². The van der Waals surface area contributed by atoms with E-state index in [9.17, 15) is 39.5 Å². The number of hydrogen-bond acceptors (Lipinski definition) is 1. The third-order valence-electron chi connectivity index (χ3n) is 2.37. The normalized spacial score (nSPS) is 15.3. The molecule has 1 aromatic carbocycles. The summed E-state index contributed by atoms with van der Waals surface area (Å²) in [4.78, 5) is 0. The zero-order valence-electron chi connectivity index (χ0n) is 9.29. The van der Waals surface area contributed by atoms with Crippen molar-refractivity contribution in [3.8, 4) is 0 Å². The summed E-state index contributed by atoms with van der Waals surface area (Å²) in [5.41, 5.74) is -0.602. The van der Waals surface area contributed by atoms with Crippen molar-refractivity contribution in [1.82, 2.24) is 0 Å². The molecule has 0 aromatic heterocycles. The van der Waals surface area contributed by atoms with Crippen LogP contribution in [-0.2, 0) is 12.4 Å². The molecule has 0 spiro atoms. The Morgan fingerprint density at radius 2 is 1.30 bits per heavy atom. The maximum atomic E-state index is 12.6. The molecule has 1 aromatic rings. The van der Waals surface area contributed by atoms with Crippen LogP contribution in [0, 0.1) is 0 Å². The van der Waals surface area contributed by atoms with E-state index in [1.807, 2.05) is 0 Å². The summed E-state index contributed by atoms with van der Waals surface area (Å²) in [6.07, 6.45) is -15.7. The Kier molecular flexibility index (Phi) is 4.01. The van der Waals surface area contributed by atoms with E-state index in [1.54, 1.807) is 0 Å². The van der Waals surface area contributed by atoms with Gasteiger partial charge in [0.15, 0.2) is 0 Å². The fraction of sp³-hybridized carbons (Fsp3) is 0.400. The van der Waals surface area contributed by atoms with Crippen LogP contribution in [0.1, 0.15) is 22.7 Å². The summed E-state index contributed by atoms with van der Waals surface area (Å²) >= 11 is 0. The van der Waals surface area contributed by atoms with Gasteiger partial charge in [0, 0.05) is 0 Å². The van der Waals surface area contributed by atoms with Crippen LogP contribution in [0.3, 0.4) is 0 Å². The molecule has 114 valence electrons. The summed E-state index contributed by atoms with van der Waals surface area (Å²) in [5.74, 6) is 0. The van der Waals surface area contributed by atoms with Gasteiger partial charge in [0.25, 0.3) is 0 Å². The smallest absolute Gasteiger partial charge is 0.316 e. The zero-order valence-corrected chi connectivity index (χ0v) is 9.29. The van der Waals surface area contributed by atoms with Gasteiger partial charge >= 0.3 is 18.5 Å². The number of hydrogen-bond donors (Lipinski definition) is 1. The molecule has 10 heteroatoms. The first-order valence-electron chi connectivity index (χ1n) is 4.85. The van der Waals surface area contributed by atoms with E-state index in [-0.39, 0.29) is 18.2 Å². The average molecular weight is 311 g/mol. The highest BCUT2D eigenvalue weighted by atomic mass is 19.4. The molecule has 0 amide bonds. The van der Waals surface area contributed by atoms with Crippen molar-refractivity contribution in [2.45, 2.75) is 24.6 Å². The second kappa shape index (κ2) is 4.83. The van der Waals surface area contributed by atoms with Crippen LogP contribution in [-0.4, -0.2) is 6.18 Å². The van der Waals surface area contributed by atoms with Crippen LogP contribution in [0.2, 0.25) is 0 Å². The number of rotatable bonds is 1. The molecule has 0 aliphatic carbocycles. The van der Waals surface area contributed by atoms with Crippen LogP contribution in [0.5, 0.6) is 0 Å². The van der Waals surface area contributed by atoms with Crippen LogP contribution in [0.15, 0.2) is 18.2 Å². The number of alkyl halides is 9. The predicted octanol–water partition coefficient (Wildman–Crippen LogP) is 4.29. The zero-order chi connectivity index (χ0) is 15.9. The van der Waals surface area contributed by atoms with Crippen LogP contribution >= 0.6 is 0 Å². The lowest BCUT2D eigenvalue weighted by atomic mass is 9.97. The van der Waals surface area contributed by atoms with Gasteiger partial charge < -0.3 is 5.73 Å². The molecule has 0 fully saturated rings. The van der Waals surface area contributed by atoms with Crippen molar-refractivity contribution < 1.29 is 39.5 Å². The first-order valence-corrected chi connectivity index (χ1v) is 4.85. The molecule has 2 N–H and O–H groups in total. The van der Waals surface area contributed by atoms with E-state index in [2.05, 4.69) is 5.73 Å². The van der Waals surface area contributed by atoms with Gasteiger partial charge in [0.05, 0.1) is 11.1 Å². The molecule has 0 unspecified atom stereocenters. The molecule has 0 radical (unpaired) electrons. The van der Waals surface area contributed by atoms with Gasteiger partial charge in [-0.3, -0.25) is 0 Å². The van der Waals surface area contributed by atoms with Crippen LogP contribution in [0.25, 0.3) is 0 Å². The molecular formula is C10H6F9N. The molecule has 1 nitrogen and oxygen atoms in total. The second-order valence-electron chi connectivity index (χ2n) is 3.82. The lowest BCUT2D eigenvalue weighted by Gasteiger charge is -2.21.